The Labute approximate surface area is 121 Å². The normalized spacial score (nSPS) is 16.6. The average Bonchev–Trinajstić information content (AvgIpc) is 3.21. The molecule has 1 atom stereocenters. The molecule has 0 radical (unpaired) electrons. The molecule has 1 aromatic heterocycles. The van der Waals surface area contributed by atoms with Crippen molar-refractivity contribution in [2.75, 3.05) is 12.4 Å². The summed E-state index contributed by atoms with van der Waals surface area (Å²) in [6.07, 6.45) is 2.46. The van der Waals surface area contributed by atoms with Gasteiger partial charge >= 0.3 is 0 Å². The van der Waals surface area contributed by atoms with Gasteiger partial charge in [-0.15, -0.1) is 0 Å². The molecule has 1 aromatic rings. The number of hydrogen-bond donors (Lipinski definition) is 2. The molecule has 1 heterocycles. The van der Waals surface area contributed by atoms with Gasteiger partial charge in [-0.1, -0.05) is 20.8 Å². The van der Waals surface area contributed by atoms with Crippen LogP contribution >= 0.6 is 0 Å². The second-order valence-corrected chi connectivity index (χ2v) is 6.73. The van der Waals surface area contributed by atoms with Crippen molar-refractivity contribution in [2.24, 2.45) is 5.92 Å². The third kappa shape index (κ3) is 3.50. The molecule has 1 fully saturated rings. The Morgan fingerprint density at radius 1 is 1.35 bits per heavy atom. The number of carbonyl (C=O) groups excluding carboxylic acids is 1. The summed E-state index contributed by atoms with van der Waals surface area (Å²) < 4.78 is 0. The molecule has 20 heavy (non-hydrogen) atoms. The molecule has 0 aromatic carbocycles. The SMILES string of the molecule is CNc1cc(C(=O)NC(C)C2CC2)cc(C(C)(C)C)n1. The first kappa shape index (κ1) is 14.8. The number of nitrogens with zero attached hydrogens (tertiary/aromatic N) is 1. The third-order valence-electron chi connectivity index (χ3n) is 3.80. The van der Waals surface area contributed by atoms with Crippen LogP contribution in [-0.2, 0) is 5.41 Å². The summed E-state index contributed by atoms with van der Waals surface area (Å²) in [5.74, 6) is 1.39. The molecule has 0 bridgehead atoms. The quantitative estimate of drug-likeness (QED) is 0.888. The van der Waals surface area contributed by atoms with Crippen molar-refractivity contribution in [3.05, 3.63) is 23.4 Å². The van der Waals surface area contributed by atoms with Crippen molar-refractivity contribution in [3.8, 4) is 0 Å². The van der Waals surface area contributed by atoms with Gasteiger partial charge < -0.3 is 10.6 Å². The lowest BCUT2D eigenvalue weighted by Crippen LogP contribution is -2.34. The molecular formula is C16H25N3O. The Morgan fingerprint density at radius 3 is 2.50 bits per heavy atom. The number of anilines is 1. The van der Waals surface area contributed by atoms with Crippen molar-refractivity contribution < 1.29 is 4.79 Å². The topological polar surface area (TPSA) is 54.0 Å². The molecule has 1 saturated carbocycles. The summed E-state index contributed by atoms with van der Waals surface area (Å²) in [6.45, 7) is 8.39. The van der Waals surface area contributed by atoms with Crippen molar-refractivity contribution in [3.63, 3.8) is 0 Å². The van der Waals surface area contributed by atoms with Crippen molar-refractivity contribution in [1.82, 2.24) is 10.3 Å². The Balaban J connectivity index is 2.23. The van der Waals surface area contributed by atoms with Crippen LogP contribution in [0.2, 0.25) is 0 Å². The van der Waals surface area contributed by atoms with Crippen LogP contribution in [0.4, 0.5) is 5.82 Å². The second kappa shape index (κ2) is 5.43. The first-order valence-electron chi connectivity index (χ1n) is 7.32. The molecular weight excluding hydrogens is 250 g/mol. The number of amides is 1. The van der Waals surface area contributed by atoms with Gasteiger partial charge in [-0.25, -0.2) is 4.98 Å². The van der Waals surface area contributed by atoms with Gasteiger partial charge in [-0.2, -0.15) is 0 Å². The zero-order valence-electron chi connectivity index (χ0n) is 13.1. The van der Waals surface area contributed by atoms with Crippen molar-refractivity contribution >= 4 is 11.7 Å². The molecule has 4 nitrogen and oxygen atoms in total. The van der Waals surface area contributed by atoms with Crippen LogP contribution in [0.5, 0.6) is 0 Å². The first-order valence-corrected chi connectivity index (χ1v) is 7.32. The van der Waals surface area contributed by atoms with Crippen LogP contribution < -0.4 is 10.6 Å². The number of nitrogens with one attached hydrogen (secondary N) is 2. The molecule has 0 saturated heterocycles. The number of rotatable bonds is 4. The smallest absolute Gasteiger partial charge is 0.251 e. The number of carbonyl (C=O) groups is 1. The Bertz CT molecular complexity index is 501. The molecule has 0 spiro atoms. The van der Waals surface area contributed by atoms with Crippen LogP contribution in [-0.4, -0.2) is 24.0 Å². The van der Waals surface area contributed by atoms with Crippen LogP contribution in [0.1, 0.15) is 56.6 Å². The van der Waals surface area contributed by atoms with E-state index in [0.717, 1.165) is 11.5 Å². The largest absolute Gasteiger partial charge is 0.373 e. The molecule has 1 aliphatic rings. The average molecular weight is 275 g/mol. The van der Waals surface area contributed by atoms with Gasteiger partial charge in [0.25, 0.3) is 5.91 Å². The lowest BCUT2D eigenvalue weighted by Gasteiger charge is -2.20. The van der Waals surface area contributed by atoms with E-state index in [1.165, 1.54) is 12.8 Å². The Morgan fingerprint density at radius 2 is 2.00 bits per heavy atom. The fourth-order valence-corrected chi connectivity index (χ4v) is 2.18. The fourth-order valence-electron chi connectivity index (χ4n) is 2.18. The molecule has 2 N–H and O–H groups in total. The minimum Gasteiger partial charge on any atom is -0.373 e. The van der Waals surface area contributed by atoms with E-state index in [2.05, 4.69) is 43.3 Å². The Hall–Kier alpha value is -1.58. The van der Waals surface area contributed by atoms with E-state index in [4.69, 9.17) is 0 Å². The van der Waals surface area contributed by atoms with E-state index in [9.17, 15) is 4.79 Å². The highest BCUT2D eigenvalue weighted by molar-refractivity contribution is 5.95. The van der Waals surface area contributed by atoms with Crippen LogP contribution in [0, 0.1) is 5.92 Å². The highest BCUT2D eigenvalue weighted by Gasteiger charge is 2.29. The van der Waals surface area contributed by atoms with E-state index in [1.54, 1.807) is 0 Å². The lowest BCUT2D eigenvalue weighted by molar-refractivity contribution is 0.0935. The number of hydrogen-bond acceptors (Lipinski definition) is 3. The van der Waals surface area contributed by atoms with Crippen molar-refractivity contribution in [1.29, 1.82) is 0 Å². The minimum atomic E-state index is -0.0794. The van der Waals surface area contributed by atoms with Gasteiger partial charge in [0.2, 0.25) is 0 Å². The highest BCUT2D eigenvalue weighted by Crippen LogP contribution is 2.32. The summed E-state index contributed by atoms with van der Waals surface area (Å²) in [5, 5.41) is 6.13. The van der Waals surface area contributed by atoms with E-state index in [-0.39, 0.29) is 17.4 Å². The standard InChI is InChI=1S/C16H25N3O/c1-10(11-6-7-11)18-15(20)12-8-13(16(2,3)4)19-14(9-12)17-5/h8-11H,6-7H2,1-5H3,(H,17,19)(H,18,20). The number of pyridine rings is 1. The monoisotopic (exact) mass is 275 g/mol. The van der Waals surface area contributed by atoms with Gasteiger partial charge in [0.1, 0.15) is 5.82 Å². The molecule has 1 aliphatic carbocycles. The van der Waals surface area contributed by atoms with Crippen LogP contribution in [0.3, 0.4) is 0 Å². The summed E-state index contributed by atoms with van der Waals surface area (Å²) in [7, 11) is 1.82. The third-order valence-corrected chi connectivity index (χ3v) is 3.80. The van der Waals surface area contributed by atoms with Gasteiger partial charge in [-0.05, 0) is 37.8 Å². The van der Waals surface area contributed by atoms with E-state index < -0.39 is 0 Å². The van der Waals surface area contributed by atoms with Gasteiger partial charge in [0.15, 0.2) is 0 Å². The summed E-state index contributed by atoms with van der Waals surface area (Å²) >= 11 is 0. The highest BCUT2D eigenvalue weighted by atomic mass is 16.1. The molecule has 0 aliphatic heterocycles. The van der Waals surface area contributed by atoms with Gasteiger partial charge in [0.05, 0.1) is 0 Å². The van der Waals surface area contributed by atoms with Crippen molar-refractivity contribution in [2.45, 2.75) is 52.0 Å². The predicted octanol–water partition coefficient (Wildman–Crippen LogP) is 2.95. The lowest BCUT2D eigenvalue weighted by atomic mass is 9.90. The molecule has 1 unspecified atom stereocenters. The predicted molar refractivity (Wildman–Crippen MR) is 82.1 cm³/mol. The summed E-state index contributed by atoms with van der Waals surface area (Å²) in [6, 6.07) is 3.96. The fraction of sp³-hybridized carbons (Fsp3) is 0.625. The van der Waals surface area contributed by atoms with E-state index in [1.807, 2.05) is 19.2 Å². The zero-order valence-corrected chi connectivity index (χ0v) is 13.1. The van der Waals surface area contributed by atoms with E-state index >= 15 is 0 Å². The first-order chi connectivity index (χ1) is 9.31. The van der Waals surface area contributed by atoms with Gasteiger partial charge in [0, 0.05) is 29.8 Å². The summed E-state index contributed by atoms with van der Waals surface area (Å²) in [5.41, 5.74) is 1.53. The maximum absolute atomic E-state index is 12.4. The molecule has 110 valence electrons. The van der Waals surface area contributed by atoms with Crippen LogP contribution in [0.15, 0.2) is 12.1 Å². The van der Waals surface area contributed by atoms with E-state index in [0.29, 0.717) is 11.5 Å². The number of aromatic nitrogens is 1. The molecule has 1 amide bonds. The minimum absolute atomic E-state index is 0.00574. The van der Waals surface area contributed by atoms with Crippen LogP contribution in [0.25, 0.3) is 0 Å². The molecule has 2 rings (SSSR count). The second-order valence-electron chi connectivity index (χ2n) is 6.73. The maximum Gasteiger partial charge on any atom is 0.251 e. The zero-order chi connectivity index (χ0) is 14.9. The summed E-state index contributed by atoms with van der Waals surface area (Å²) in [4.78, 5) is 16.9. The maximum atomic E-state index is 12.4. The Kier molecular flexibility index (Phi) is 4.02. The molecule has 4 heteroatoms. The van der Waals surface area contributed by atoms with Gasteiger partial charge in [-0.3, -0.25) is 4.79 Å².